The number of ether oxygens (including phenoxy) is 1. The van der Waals surface area contributed by atoms with Crippen LogP contribution in [0.25, 0.3) is 0 Å². The molecule has 13 heavy (non-hydrogen) atoms. The Morgan fingerprint density at radius 2 is 2.31 bits per heavy atom. The summed E-state index contributed by atoms with van der Waals surface area (Å²) >= 11 is 0. The van der Waals surface area contributed by atoms with Crippen molar-refractivity contribution >= 4 is 5.78 Å². The molecule has 1 aliphatic rings. The number of hydrogen-bond donors (Lipinski definition) is 1. The van der Waals surface area contributed by atoms with Crippen LogP contribution in [-0.2, 0) is 9.53 Å². The second kappa shape index (κ2) is 6.11. The van der Waals surface area contributed by atoms with Gasteiger partial charge in [0.1, 0.15) is 5.78 Å². The molecule has 3 nitrogen and oxygen atoms in total. The summed E-state index contributed by atoms with van der Waals surface area (Å²) in [6.07, 6.45) is 5.10. The van der Waals surface area contributed by atoms with Crippen LogP contribution >= 0.6 is 0 Å². The third-order valence-electron chi connectivity index (χ3n) is 2.34. The number of carbonyl (C=O) groups is 1. The van der Waals surface area contributed by atoms with Crippen molar-refractivity contribution in [3.8, 4) is 0 Å². The van der Waals surface area contributed by atoms with Gasteiger partial charge in [-0.1, -0.05) is 0 Å². The maximum atomic E-state index is 11.3. The molecule has 0 aliphatic carbocycles. The zero-order chi connectivity index (χ0) is 9.52. The van der Waals surface area contributed by atoms with Crippen LogP contribution in [-0.4, -0.2) is 30.2 Å². The predicted octanol–water partition coefficient (Wildman–Crippen LogP) is 1.29. The summed E-state index contributed by atoms with van der Waals surface area (Å²) in [6, 6.07) is 0. The Balaban J connectivity index is 2.11. The van der Waals surface area contributed by atoms with Crippen molar-refractivity contribution < 1.29 is 14.6 Å². The molecule has 1 fully saturated rings. The molecular formula is C10H18O3. The normalized spacial score (nSPS) is 23.0. The van der Waals surface area contributed by atoms with Crippen LogP contribution < -0.4 is 0 Å². The van der Waals surface area contributed by atoms with Gasteiger partial charge >= 0.3 is 0 Å². The fourth-order valence-corrected chi connectivity index (χ4v) is 1.60. The van der Waals surface area contributed by atoms with E-state index in [9.17, 15) is 4.79 Å². The van der Waals surface area contributed by atoms with Gasteiger partial charge in [0.2, 0.25) is 0 Å². The summed E-state index contributed by atoms with van der Waals surface area (Å²) in [7, 11) is 0. The number of aliphatic hydroxyl groups is 1. The zero-order valence-electron chi connectivity index (χ0n) is 8.00. The first-order valence-electron chi connectivity index (χ1n) is 5.07. The van der Waals surface area contributed by atoms with E-state index in [0.29, 0.717) is 19.3 Å². The Bertz CT molecular complexity index is 150. The van der Waals surface area contributed by atoms with Crippen LogP contribution in [0.15, 0.2) is 0 Å². The van der Waals surface area contributed by atoms with E-state index in [1.807, 2.05) is 0 Å². The average molecular weight is 186 g/mol. The minimum Gasteiger partial charge on any atom is -0.396 e. The minimum atomic E-state index is 0.108. The van der Waals surface area contributed by atoms with E-state index in [1.54, 1.807) is 0 Å². The molecule has 0 aromatic carbocycles. The minimum absolute atomic E-state index is 0.108. The van der Waals surface area contributed by atoms with Crippen molar-refractivity contribution in [2.24, 2.45) is 0 Å². The highest BCUT2D eigenvalue weighted by Crippen LogP contribution is 2.16. The van der Waals surface area contributed by atoms with Crippen LogP contribution in [0.2, 0.25) is 0 Å². The standard InChI is InChI=1S/C10H18O3/c11-6-3-4-9(12)8-10-5-1-2-7-13-10/h10-11H,1-8H2. The van der Waals surface area contributed by atoms with Crippen molar-refractivity contribution in [3.63, 3.8) is 0 Å². The predicted molar refractivity (Wildman–Crippen MR) is 49.5 cm³/mol. The quantitative estimate of drug-likeness (QED) is 0.703. The SMILES string of the molecule is O=C(CCCO)CC1CCCCO1. The number of aliphatic hydroxyl groups excluding tert-OH is 1. The second-order valence-corrected chi connectivity index (χ2v) is 3.56. The maximum Gasteiger partial charge on any atom is 0.135 e. The van der Waals surface area contributed by atoms with Gasteiger partial charge in [-0.3, -0.25) is 4.79 Å². The smallest absolute Gasteiger partial charge is 0.135 e. The highest BCUT2D eigenvalue weighted by molar-refractivity contribution is 5.78. The lowest BCUT2D eigenvalue weighted by Gasteiger charge is -2.21. The van der Waals surface area contributed by atoms with Crippen molar-refractivity contribution in [1.82, 2.24) is 0 Å². The van der Waals surface area contributed by atoms with E-state index in [1.165, 1.54) is 6.42 Å². The Morgan fingerprint density at radius 3 is 2.92 bits per heavy atom. The fraction of sp³-hybridized carbons (Fsp3) is 0.900. The lowest BCUT2D eigenvalue weighted by Crippen LogP contribution is -2.22. The molecule has 3 heteroatoms. The highest BCUT2D eigenvalue weighted by atomic mass is 16.5. The van der Waals surface area contributed by atoms with Crippen LogP contribution in [0.4, 0.5) is 0 Å². The molecule has 1 N–H and O–H groups in total. The van der Waals surface area contributed by atoms with Crippen molar-refractivity contribution in [2.45, 2.75) is 44.6 Å². The van der Waals surface area contributed by atoms with Gasteiger partial charge in [0, 0.05) is 26.1 Å². The molecular weight excluding hydrogens is 168 g/mol. The molecule has 0 radical (unpaired) electrons. The molecule has 1 atom stereocenters. The third-order valence-corrected chi connectivity index (χ3v) is 2.34. The summed E-state index contributed by atoms with van der Waals surface area (Å²) in [4.78, 5) is 11.3. The topological polar surface area (TPSA) is 46.5 Å². The Labute approximate surface area is 79.1 Å². The molecule has 0 spiro atoms. The van der Waals surface area contributed by atoms with Crippen LogP contribution in [0.3, 0.4) is 0 Å². The van der Waals surface area contributed by atoms with Gasteiger partial charge in [-0.05, 0) is 25.7 Å². The number of Topliss-reactive ketones (excluding diaryl/α,β-unsaturated/α-hetero) is 1. The maximum absolute atomic E-state index is 11.3. The van der Waals surface area contributed by atoms with Gasteiger partial charge in [0.15, 0.2) is 0 Å². The lowest BCUT2D eigenvalue weighted by molar-refractivity contribution is -0.123. The molecule has 1 rings (SSSR count). The van der Waals surface area contributed by atoms with Crippen LogP contribution in [0, 0.1) is 0 Å². The van der Waals surface area contributed by atoms with Gasteiger partial charge in [0.25, 0.3) is 0 Å². The van der Waals surface area contributed by atoms with E-state index >= 15 is 0 Å². The van der Waals surface area contributed by atoms with Gasteiger partial charge in [0.05, 0.1) is 6.10 Å². The van der Waals surface area contributed by atoms with Crippen molar-refractivity contribution in [2.75, 3.05) is 13.2 Å². The van der Waals surface area contributed by atoms with E-state index in [-0.39, 0.29) is 18.5 Å². The van der Waals surface area contributed by atoms with Crippen LogP contribution in [0.5, 0.6) is 0 Å². The van der Waals surface area contributed by atoms with E-state index in [0.717, 1.165) is 19.4 Å². The molecule has 0 amide bonds. The number of rotatable bonds is 5. The van der Waals surface area contributed by atoms with Gasteiger partial charge in [-0.15, -0.1) is 0 Å². The first-order valence-corrected chi connectivity index (χ1v) is 5.07. The summed E-state index contributed by atoms with van der Waals surface area (Å²) in [6.45, 7) is 0.912. The first-order chi connectivity index (χ1) is 6.33. The Kier molecular flexibility index (Phi) is 5.01. The molecule has 1 aliphatic heterocycles. The number of hydrogen-bond acceptors (Lipinski definition) is 3. The largest absolute Gasteiger partial charge is 0.396 e. The molecule has 0 aromatic heterocycles. The molecule has 0 saturated carbocycles. The third kappa shape index (κ3) is 4.39. The molecule has 0 aromatic rings. The van der Waals surface area contributed by atoms with E-state index < -0.39 is 0 Å². The monoisotopic (exact) mass is 186 g/mol. The number of carbonyl (C=O) groups excluding carboxylic acids is 1. The lowest BCUT2D eigenvalue weighted by atomic mass is 10.0. The highest BCUT2D eigenvalue weighted by Gasteiger charge is 2.16. The van der Waals surface area contributed by atoms with Crippen LogP contribution in [0.1, 0.15) is 38.5 Å². The van der Waals surface area contributed by atoms with Gasteiger partial charge < -0.3 is 9.84 Å². The average Bonchev–Trinajstić information content (AvgIpc) is 2.16. The fourth-order valence-electron chi connectivity index (χ4n) is 1.60. The Morgan fingerprint density at radius 1 is 1.46 bits per heavy atom. The molecule has 76 valence electrons. The van der Waals surface area contributed by atoms with Crippen molar-refractivity contribution in [1.29, 1.82) is 0 Å². The number of ketones is 1. The molecule has 1 saturated heterocycles. The Hall–Kier alpha value is -0.410. The second-order valence-electron chi connectivity index (χ2n) is 3.56. The van der Waals surface area contributed by atoms with Gasteiger partial charge in [-0.25, -0.2) is 0 Å². The van der Waals surface area contributed by atoms with E-state index in [4.69, 9.17) is 9.84 Å². The zero-order valence-corrected chi connectivity index (χ0v) is 8.00. The summed E-state index contributed by atoms with van der Waals surface area (Å²) in [5.41, 5.74) is 0. The van der Waals surface area contributed by atoms with E-state index in [2.05, 4.69) is 0 Å². The summed E-state index contributed by atoms with van der Waals surface area (Å²) in [5, 5.41) is 8.54. The van der Waals surface area contributed by atoms with Gasteiger partial charge in [-0.2, -0.15) is 0 Å². The molecule has 1 heterocycles. The summed E-state index contributed by atoms with van der Waals surface area (Å²) in [5.74, 6) is 0.223. The molecule has 1 unspecified atom stereocenters. The first kappa shape index (κ1) is 10.7. The van der Waals surface area contributed by atoms with Crippen molar-refractivity contribution in [3.05, 3.63) is 0 Å². The summed E-state index contributed by atoms with van der Waals surface area (Å²) < 4.78 is 5.45. The molecule has 0 bridgehead atoms.